The molecule has 0 spiro atoms. The summed E-state index contributed by atoms with van der Waals surface area (Å²) in [6, 6.07) is 7.03. The summed E-state index contributed by atoms with van der Waals surface area (Å²) < 4.78 is 58.4. The second-order valence-corrected chi connectivity index (χ2v) is 9.07. The Hall–Kier alpha value is -2.46. The number of hydrogen-bond donors (Lipinski definition) is 1. The van der Waals surface area contributed by atoms with Crippen LogP contribution in [0.15, 0.2) is 41.4 Å². The van der Waals surface area contributed by atoms with E-state index in [9.17, 15) is 22.0 Å². The molecule has 1 aliphatic rings. The van der Waals surface area contributed by atoms with E-state index < -0.39 is 28.6 Å². The molecule has 10 heteroatoms. The van der Waals surface area contributed by atoms with Gasteiger partial charge in [-0.2, -0.15) is 13.1 Å². The van der Waals surface area contributed by atoms with E-state index in [0.717, 1.165) is 12.8 Å². The minimum Gasteiger partial charge on any atom is -0.434 e. The topological polar surface area (TPSA) is 80.6 Å². The van der Waals surface area contributed by atoms with Crippen LogP contribution in [0.2, 0.25) is 0 Å². The molecule has 30 heavy (non-hydrogen) atoms. The van der Waals surface area contributed by atoms with Crippen LogP contribution in [0.3, 0.4) is 0 Å². The van der Waals surface area contributed by atoms with Crippen molar-refractivity contribution in [2.45, 2.75) is 43.7 Å². The van der Waals surface area contributed by atoms with Crippen molar-refractivity contribution >= 4 is 15.9 Å². The van der Waals surface area contributed by atoms with Gasteiger partial charge in [0.25, 0.3) is 5.91 Å². The monoisotopic (exact) mass is 441 g/mol. The first kappa shape index (κ1) is 22.2. The highest BCUT2D eigenvalue weighted by Gasteiger charge is 2.30. The molecule has 1 saturated heterocycles. The number of ether oxygens (including phenoxy) is 1. The number of rotatable bonds is 8. The molecule has 3 rings (SSSR count). The predicted molar refractivity (Wildman–Crippen MR) is 107 cm³/mol. The molecule has 164 valence electrons. The van der Waals surface area contributed by atoms with Gasteiger partial charge in [-0.15, -0.1) is 0 Å². The number of hydrogen-bond acceptors (Lipinski definition) is 4. The number of aryl methyl sites for hydroxylation is 1. The summed E-state index contributed by atoms with van der Waals surface area (Å²) in [6.45, 7) is -0.237. The number of amides is 1. The maximum atomic E-state index is 12.9. The average Bonchev–Trinajstić information content (AvgIpc) is 3.36. The molecule has 0 radical (unpaired) electrons. The van der Waals surface area contributed by atoms with Gasteiger partial charge in [0.2, 0.25) is 10.0 Å². The van der Waals surface area contributed by atoms with E-state index in [0.29, 0.717) is 25.1 Å². The zero-order valence-corrected chi connectivity index (χ0v) is 17.7. The first-order valence-electron chi connectivity index (χ1n) is 9.75. The minimum absolute atomic E-state index is 0.0103. The van der Waals surface area contributed by atoms with E-state index in [2.05, 4.69) is 10.1 Å². The second-order valence-electron chi connectivity index (χ2n) is 7.13. The van der Waals surface area contributed by atoms with Crippen molar-refractivity contribution in [3.63, 3.8) is 0 Å². The number of aromatic nitrogens is 1. The van der Waals surface area contributed by atoms with Gasteiger partial charge in [-0.25, -0.2) is 8.42 Å². The number of sulfonamides is 1. The van der Waals surface area contributed by atoms with E-state index >= 15 is 0 Å². The van der Waals surface area contributed by atoms with Crippen LogP contribution in [0.5, 0.6) is 5.75 Å². The summed E-state index contributed by atoms with van der Waals surface area (Å²) in [5, 5.41) is 2.79. The number of para-hydroxylation sites is 1. The van der Waals surface area contributed by atoms with Crippen molar-refractivity contribution in [3.8, 4) is 5.75 Å². The third kappa shape index (κ3) is 4.65. The number of carbonyl (C=O) groups is 1. The van der Waals surface area contributed by atoms with Gasteiger partial charge in [0.15, 0.2) is 0 Å². The van der Waals surface area contributed by atoms with Crippen LogP contribution < -0.4 is 10.1 Å². The number of benzene rings is 1. The summed E-state index contributed by atoms with van der Waals surface area (Å²) in [7, 11) is -2.06. The van der Waals surface area contributed by atoms with E-state index in [1.807, 2.05) is 0 Å². The van der Waals surface area contributed by atoms with Crippen molar-refractivity contribution in [1.82, 2.24) is 14.2 Å². The molecule has 1 aromatic carbocycles. The number of nitrogens with zero attached hydrogens (tertiary/aromatic N) is 2. The molecular formula is C20H25F2N3O4S. The summed E-state index contributed by atoms with van der Waals surface area (Å²) in [5.41, 5.74) is 0.589. The largest absolute Gasteiger partial charge is 0.434 e. The fraction of sp³-hybridized carbons (Fsp3) is 0.450. The highest BCUT2D eigenvalue weighted by molar-refractivity contribution is 7.89. The first-order valence-corrected chi connectivity index (χ1v) is 11.2. The predicted octanol–water partition coefficient (Wildman–Crippen LogP) is 3.29. The summed E-state index contributed by atoms with van der Waals surface area (Å²) in [5.74, 6) is -0.511. The van der Waals surface area contributed by atoms with Gasteiger partial charge in [0, 0.05) is 31.9 Å². The summed E-state index contributed by atoms with van der Waals surface area (Å²) in [6.07, 6.45) is 3.48. The van der Waals surface area contributed by atoms with Crippen LogP contribution in [0.25, 0.3) is 0 Å². The Morgan fingerprint density at radius 2 is 1.90 bits per heavy atom. The Balaban J connectivity index is 1.83. The number of halogens is 2. The van der Waals surface area contributed by atoms with Crippen molar-refractivity contribution in [1.29, 1.82) is 0 Å². The van der Waals surface area contributed by atoms with Crippen molar-refractivity contribution in [3.05, 3.63) is 47.8 Å². The first-order chi connectivity index (χ1) is 14.2. The molecule has 1 aromatic heterocycles. The Kier molecular flexibility index (Phi) is 6.77. The zero-order chi connectivity index (χ0) is 21.9. The average molecular weight is 442 g/mol. The highest BCUT2D eigenvalue weighted by Crippen LogP contribution is 2.29. The molecule has 1 unspecified atom stereocenters. The fourth-order valence-corrected chi connectivity index (χ4v) is 5.17. The van der Waals surface area contributed by atoms with Gasteiger partial charge in [-0.05, 0) is 31.4 Å². The van der Waals surface area contributed by atoms with Crippen LogP contribution in [-0.2, 0) is 17.1 Å². The molecule has 0 bridgehead atoms. The van der Waals surface area contributed by atoms with Crippen LogP contribution in [0.1, 0.15) is 48.3 Å². The summed E-state index contributed by atoms with van der Waals surface area (Å²) >= 11 is 0. The molecule has 1 amide bonds. The molecule has 0 saturated carbocycles. The SMILES string of the molecule is CCC(NC(=O)c1cc(S(=O)(=O)N2CCCC2)cn1C)c1ccccc1OC(F)F. The van der Waals surface area contributed by atoms with E-state index in [1.165, 1.54) is 27.2 Å². The molecule has 1 aliphatic heterocycles. The smallest absolute Gasteiger partial charge is 0.387 e. The van der Waals surface area contributed by atoms with Crippen LogP contribution in [0.4, 0.5) is 8.78 Å². The zero-order valence-electron chi connectivity index (χ0n) is 16.8. The van der Waals surface area contributed by atoms with Gasteiger partial charge >= 0.3 is 6.61 Å². The lowest BCUT2D eigenvalue weighted by Gasteiger charge is -2.20. The number of alkyl halides is 2. The van der Waals surface area contributed by atoms with Crippen LogP contribution >= 0.6 is 0 Å². The molecule has 0 aliphatic carbocycles. The molecule has 2 heterocycles. The lowest BCUT2D eigenvalue weighted by atomic mass is 10.0. The van der Waals surface area contributed by atoms with Gasteiger partial charge in [-0.1, -0.05) is 25.1 Å². The highest BCUT2D eigenvalue weighted by atomic mass is 32.2. The Bertz CT molecular complexity index is 1000. The quantitative estimate of drug-likeness (QED) is 0.682. The molecule has 1 N–H and O–H groups in total. The van der Waals surface area contributed by atoms with E-state index in [1.54, 1.807) is 32.2 Å². The van der Waals surface area contributed by atoms with Gasteiger partial charge in [-0.3, -0.25) is 4.79 Å². The second kappa shape index (κ2) is 9.13. The normalized spacial score (nSPS) is 16.0. The maximum absolute atomic E-state index is 12.9. The van der Waals surface area contributed by atoms with Gasteiger partial charge < -0.3 is 14.6 Å². The van der Waals surface area contributed by atoms with Crippen LogP contribution in [0, 0.1) is 0 Å². The van der Waals surface area contributed by atoms with E-state index in [-0.39, 0.29) is 16.3 Å². The summed E-state index contributed by atoms with van der Waals surface area (Å²) in [4.78, 5) is 12.9. The molecular weight excluding hydrogens is 416 g/mol. The number of carbonyl (C=O) groups excluding carboxylic acids is 1. The van der Waals surface area contributed by atoms with Crippen molar-refractivity contribution < 1.29 is 26.7 Å². The van der Waals surface area contributed by atoms with E-state index in [4.69, 9.17) is 0 Å². The Morgan fingerprint density at radius 3 is 2.53 bits per heavy atom. The minimum atomic E-state index is -3.65. The van der Waals surface area contributed by atoms with Crippen molar-refractivity contribution in [2.75, 3.05) is 13.1 Å². The molecule has 1 fully saturated rings. The van der Waals surface area contributed by atoms with Gasteiger partial charge in [0.05, 0.1) is 6.04 Å². The van der Waals surface area contributed by atoms with Crippen molar-refractivity contribution in [2.24, 2.45) is 7.05 Å². The molecule has 7 nitrogen and oxygen atoms in total. The lowest BCUT2D eigenvalue weighted by molar-refractivity contribution is -0.0506. The Labute approximate surface area is 174 Å². The Morgan fingerprint density at radius 1 is 1.23 bits per heavy atom. The standard InChI is InChI=1S/C20H25F2N3O4S/c1-3-16(15-8-4-5-9-18(15)29-20(21)22)23-19(26)17-12-14(13-24(17)2)30(27,28)25-10-6-7-11-25/h4-5,8-9,12-13,16,20H,3,6-7,10-11H2,1-2H3,(H,23,26). The molecule has 1 atom stereocenters. The lowest BCUT2D eigenvalue weighted by Crippen LogP contribution is -2.30. The molecule has 2 aromatic rings. The maximum Gasteiger partial charge on any atom is 0.387 e. The fourth-order valence-electron chi connectivity index (χ4n) is 3.58. The number of nitrogens with one attached hydrogen (secondary N) is 1. The third-order valence-electron chi connectivity index (χ3n) is 5.14. The van der Waals surface area contributed by atoms with Crippen LogP contribution in [-0.4, -0.2) is 42.9 Å². The third-order valence-corrected chi connectivity index (χ3v) is 7.00. The van der Waals surface area contributed by atoms with Gasteiger partial charge in [0.1, 0.15) is 16.3 Å².